The maximum atomic E-state index is 12.6. The molecule has 0 spiro atoms. The van der Waals surface area contributed by atoms with Gasteiger partial charge in [-0.2, -0.15) is 5.26 Å². The molecular formula is C20H17N3OS2. The zero-order valence-corrected chi connectivity index (χ0v) is 15.9. The molecule has 0 aliphatic carbocycles. The lowest BCUT2D eigenvalue weighted by molar-refractivity contribution is 0.0955. The van der Waals surface area contributed by atoms with Crippen molar-refractivity contribution in [1.29, 1.82) is 5.26 Å². The molecule has 0 fully saturated rings. The van der Waals surface area contributed by atoms with Crippen molar-refractivity contribution in [1.82, 2.24) is 10.3 Å². The molecule has 0 bridgehead atoms. The number of pyridine rings is 1. The molecule has 1 aromatic heterocycles. The van der Waals surface area contributed by atoms with Crippen molar-refractivity contribution in [2.24, 2.45) is 0 Å². The van der Waals surface area contributed by atoms with Gasteiger partial charge in [0.05, 0.1) is 22.7 Å². The van der Waals surface area contributed by atoms with Gasteiger partial charge in [0.25, 0.3) is 5.91 Å². The van der Waals surface area contributed by atoms with Gasteiger partial charge in [0.1, 0.15) is 0 Å². The third kappa shape index (κ3) is 4.18. The lowest BCUT2D eigenvalue weighted by atomic mass is 10.1. The minimum absolute atomic E-state index is 0.0997. The molecule has 4 nitrogen and oxygen atoms in total. The number of para-hydroxylation sites is 1. The van der Waals surface area contributed by atoms with E-state index in [-0.39, 0.29) is 5.91 Å². The van der Waals surface area contributed by atoms with E-state index in [4.69, 9.17) is 5.26 Å². The molecule has 3 rings (SSSR count). The van der Waals surface area contributed by atoms with Crippen LogP contribution in [0, 0.1) is 11.3 Å². The first-order chi connectivity index (χ1) is 12.7. The highest BCUT2D eigenvalue weighted by molar-refractivity contribution is 8.76. The topological polar surface area (TPSA) is 65.8 Å². The molecular weight excluding hydrogens is 362 g/mol. The Bertz CT molecular complexity index is 965. The Hall–Kier alpha value is -2.49. The minimum atomic E-state index is -0.0997. The van der Waals surface area contributed by atoms with Gasteiger partial charge < -0.3 is 5.32 Å². The Kier molecular flexibility index (Phi) is 6.16. The third-order valence-corrected chi connectivity index (χ3v) is 5.65. The van der Waals surface area contributed by atoms with E-state index < -0.39 is 0 Å². The number of nitrogens with one attached hydrogen (secondary N) is 1. The number of nitriles is 1. The molecule has 0 saturated heterocycles. The third-order valence-electron chi connectivity index (χ3n) is 3.93. The number of amides is 1. The summed E-state index contributed by atoms with van der Waals surface area (Å²) in [6.07, 6.45) is 4.42. The second-order valence-electron chi connectivity index (χ2n) is 5.58. The number of carbonyl (C=O) groups is 1. The number of nitrogens with zero attached hydrogens (tertiary/aromatic N) is 2. The van der Waals surface area contributed by atoms with Crippen LogP contribution in [0.25, 0.3) is 10.9 Å². The quantitative estimate of drug-likeness (QED) is 0.641. The van der Waals surface area contributed by atoms with Gasteiger partial charge in [-0.15, -0.1) is 0 Å². The van der Waals surface area contributed by atoms with Gasteiger partial charge in [-0.25, -0.2) is 0 Å². The Morgan fingerprint density at radius 3 is 2.73 bits per heavy atom. The van der Waals surface area contributed by atoms with E-state index in [0.717, 1.165) is 21.4 Å². The Morgan fingerprint density at radius 2 is 2.00 bits per heavy atom. The lowest BCUT2D eigenvalue weighted by Crippen LogP contribution is -2.26. The summed E-state index contributed by atoms with van der Waals surface area (Å²) in [4.78, 5) is 18.1. The molecule has 1 heterocycles. The summed E-state index contributed by atoms with van der Waals surface area (Å²) in [5.74, 6) is -0.0997. The first-order valence-corrected chi connectivity index (χ1v) is 10.6. The number of hydrogen-bond donors (Lipinski definition) is 1. The van der Waals surface area contributed by atoms with Gasteiger partial charge in [-0.05, 0) is 42.5 Å². The van der Waals surface area contributed by atoms with E-state index >= 15 is 0 Å². The number of fused-ring (bicyclic) bond motifs is 1. The van der Waals surface area contributed by atoms with Crippen molar-refractivity contribution in [3.05, 3.63) is 71.4 Å². The van der Waals surface area contributed by atoms with E-state index in [1.807, 2.05) is 36.6 Å². The van der Waals surface area contributed by atoms with Crippen molar-refractivity contribution in [3.8, 4) is 6.07 Å². The average molecular weight is 380 g/mol. The summed E-state index contributed by atoms with van der Waals surface area (Å²) >= 11 is 0. The highest BCUT2D eigenvalue weighted by atomic mass is 33.1. The van der Waals surface area contributed by atoms with Crippen LogP contribution in [0.4, 0.5) is 0 Å². The predicted molar refractivity (Wildman–Crippen MR) is 108 cm³/mol. The van der Waals surface area contributed by atoms with Crippen molar-refractivity contribution >= 4 is 38.4 Å². The van der Waals surface area contributed by atoms with Crippen molar-refractivity contribution < 1.29 is 4.79 Å². The maximum absolute atomic E-state index is 12.6. The fraction of sp³-hybridized carbons (Fsp3) is 0.150. The molecule has 0 atom stereocenters. The molecule has 0 unspecified atom stereocenters. The van der Waals surface area contributed by atoms with Gasteiger partial charge in [-0.3, -0.25) is 9.78 Å². The van der Waals surface area contributed by atoms with Crippen molar-refractivity contribution in [2.45, 2.75) is 11.3 Å². The number of rotatable bonds is 6. The van der Waals surface area contributed by atoms with Gasteiger partial charge in [0.2, 0.25) is 0 Å². The molecule has 26 heavy (non-hydrogen) atoms. The van der Waals surface area contributed by atoms with Gasteiger partial charge >= 0.3 is 0 Å². The largest absolute Gasteiger partial charge is 0.352 e. The number of carbonyl (C=O) groups excluding carboxylic acids is 1. The normalized spacial score (nSPS) is 10.5. The summed E-state index contributed by atoms with van der Waals surface area (Å²) < 4.78 is 0. The number of hydrogen-bond acceptors (Lipinski definition) is 5. The zero-order chi connectivity index (χ0) is 18.4. The summed E-state index contributed by atoms with van der Waals surface area (Å²) in [6, 6.07) is 17.2. The predicted octanol–water partition coefficient (Wildman–Crippen LogP) is 4.45. The van der Waals surface area contributed by atoms with E-state index in [1.54, 1.807) is 46.0 Å². The van der Waals surface area contributed by atoms with Crippen molar-refractivity contribution in [3.63, 3.8) is 0 Å². The SMILES string of the molecule is CSSc1cccc2c(C(=O)NCCc3ccc(C#N)cc3)ccnc12. The standard InChI is InChI=1S/C20H17N3OS2/c1-25-26-18-4-2-3-16-17(10-12-22-19(16)18)20(24)23-11-9-14-5-7-15(13-21)8-6-14/h2-8,10,12H,9,11H2,1H3,(H,23,24). The van der Waals surface area contributed by atoms with Gasteiger partial charge in [-0.1, -0.05) is 45.9 Å². The van der Waals surface area contributed by atoms with Crippen LogP contribution in [0.3, 0.4) is 0 Å². The van der Waals surface area contributed by atoms with Crippen LogP contribution in [0.5, 0.6) is 0 Å². The molecule has 130 valence electrons. The molecule has 0 aliphatic rings. The molecule has 0 aliphatic heterocycles. The number of aromatic nitrogens is 1. The average Bonchev–Trinajstić information content (AvgIpc) is 2.68. The van der Waals surface area contributed by atoms with E-state index in [2.05, 4.69) is 16.4 Å². The van der Waals surface area contributed by atoms with Crippen LogP contribution in [-0.2, 0) is 6.42 Å². The van der Waals surface area contributed by atoms with E-state index in [0.29, 0.717) is 24.1 Å². The van der Waals surface area contributed by atoms with Gasteiger partial charge in [0, 0.05) is 23.0 Å². The van der Waals surface area contributed by atoms with E-state index in [1.165, 1.54) is 0 Å². The van der Waals surface area contributed by atoms with E-state index in [9.17, 15) is 4.79 Å². The first-order valence-electron chi connectivity index (χ1n) is 8.08. The molecule has 0 saturated carbocycles. The van der Waals surface area contributed by atoms with Crippen LogP contribution < -0.4 is 5.32 Å². The second kappa shape index (κ2) is 8.75. The maximum Gasteiger partial charge on any atom is 0.252 e. The minimum Gasteiger partial charge on any atom is -0.352 e. The molecule has 1 amide bonds. The van der Waals surface area contributed by atoms with Crippen molar-refractivity contribution in [2.75, 3.05) is 12.8 Å². The first kappa shape index (κ1) is 18.3. The fourth-order valence-corrected chi connectivity index (χ4v) is 4.16. The molecule has 2 aromatic carbocycles. The van der Waals surface area contributed by atoms with Crippen LogP contribution in [0.15, 0.2) is 59.6 Å². The van der Waals surface area contributed by atoms with Crippen LogP contribution >= 0.6 is 21.6 Å². The van der Waals surface area contributed by atoms with Crippen LogP contribution in [0.2, 0.25) is 0 Å². The number of benzene rings is 2. The highest BCUT2D eigenvalue weighted by Gasteiger charge is 2.12. The Labute approximate surface area is 160 Å². The van der Waals surface area contributed by atoms with Gasteiger partial charge in [0.15, 0.2) is 0 Å². The lowest BCUT2D eigenvalue weighted by Gasteiger charge is -2.09. The summed E-state index contributed by atoms with van der Waals surface area (Å²) in [5.41, 5.74) is 3.22. The Morgan fingerprint density at radius 1 is 1.19 bits per heavy atom. The fourth-order valence-electron chi connectivity index (χ4n) is 2.67. The summed E-state index contributed by atoms with van der Waals surface area (Å²) in [7, 11) is 3.30. The summed E-state index contributed by atoms with van der Waals surface area (Å²) in [6.45, 7) is 0.536. The molecule has 1 N–H and O–H groups in total. The monoisotopic (exact) mass is 379 g/mol. The molecule has 0 radical (unpaired) electrons. The molecule has 6 heteroatoms. The van der Waals surface area contributed by atoms with Crippen LogP contribution in [-0.4, -0.2) is 23.7 Å². The highest BCUT2D eigenvalue weighted by Crippen LogP contribution is 2.34. The second-order valence-corrected chi connectivity index (χ2v) is 8.02. The summed E-state index contributed by atoms with van der Waals surface area (Å²) in [5, 5.41) is 12.7. The smallest absolute Gasteiger partial charge is 0.252 e. The molecule has 3 aromatic rings. The Balaban J connectivity index is 1.71. The van der Waals surface area contributed by atoms with Crippen LogP contribution in [0.1, 0.15) is 21.5 Å². The zero-order valence-electron chi connectivity index (χ0n) is 14.2.